The molecule has 0 saturated heterocycles. The predicted octanol–water partition coefficient (Wildman–Crippen LogP) is 5.91. The van der Waals surface area contributed by atoms with Gasteiger partial charge < -0.3 is 0 Å². The Kier molecular flexibility index (Phi) is 3.71. The highest BCUT2D eigenvalue weighted by Crippen LogP contribution is 2.50. The molecule has 0 N–H and O–H groups in total. The average Bonchev–Trinajstić information content (AvgIpc) is 3.35. The summed E-state index contributed by atoms with van der Waals surface area (Å²) in [6.07, 6.45) is 6.02. The van der Waals surface area contributed by atoms with Gasteiger partial charge in [-0.05, 0) is 48.8 Å². The van der Waals surface area contributed by atoms with Gasteiger partial charge in [-0.1, -0.05) is 67.1 Å². The van der Waals surface area contributed by atoms with E-state index in [1.54, 1.807) is 0 Å². The Hall–Kier alpha value is -1.82. The number of benzene rings is 2. The topological polar surface area (TPSA) is 0 Å². The maximum Gasteiger partial charge on any atom is 0.0155 e. The molecule has 0 amide bonds. The summed E-state index contributed by atoms with van der Waals surface area (Å²) in [5.74, 6) is 0.785. The molecule has 0 heteroatoms. The smallest absolute Gasteiger partial charge is 0.0155 e. The lowest BCUT2D eigenvalue weighted by molar-refractivity contribution is 0.450. The molecule has 0 bridgehead atoms. The van der Waals surface area contributed by atoms with E-state index in [-0.39, 0.29) is 5.41 Å². The van der Waals surface area contributed by atoms with Gasteiger partial charge in [0.2, 0.25) is 0 Å². The molecule has 0 aliphatic heterocycles. The first-order chi connectivity index (χ1) is 10.2. The molecule has 1 aliphatic carbocycles. The van der Waals surface area contributed by atoms with Crippen molar-refractivity contribution < 1.29 is 0 Å². The Labute approximate surface area is 128 Å². The standard InChI is InChI=1S/C21H24/c1-4-21(5-2,19-12-13-19)20-11-7-10-18(15-20)17-9-6-8-16(3)14-17/h4,6-11,14-15,19H,1,5,12-13H2,2-3H3. The number of aryl methyl sites for hydroxylation is 1. The summed E-state index contributed by atoms with van der Waals surface area (Å²) in [6, 6.07) is 17.8. The molecule has 0 nitrogen and oxygen atoms in total. The van der Waals surface area contributed by atoms with Crippen LogP contribution in [0.5, 0.6) is 0 Å². The summed E-state index contributed by atoms with van der Waals surface area (Å²) in [6.45, 7) is 8.60. The Bertz CT molecular complexity index is 649. The van der Waals surface area contributed by atoms with Crippen LogP contribution in [0, 0.1) is 12.8 Å². The highest BCUT2D eigenvalue weighted by Gasteiger charge is 2.42. The summed E-state index contributed by atoms with van der Waals surface area (Å²) in [7, 11) is 0. The molecule has 0 heterocycles. The normalized spacial score (nSPS) is 17.2. The summed E-state index contributed by atoms with van der Waals surface area (Å²) >= 11 is 0. The molecule has 1 atom stereocenters. The second-order valence-corrected chi connectivity index (χ2v) is 6.32. The van der Waals surface area contributed by atoms with Crippen LogP contribution in [0.15, 0.2) is 61.2 Å². The van der Waals surface area contributed by atoms with Crippen LogP contribution < -0.4 is 0 Å². The number of rotatable bonds is 5. The molecule has 3 rings (SSSR count). The molecule has 0 radical (unpaired) electrons. The third-order valence-electron chi connectivity index (χ3n) is 5.01. The van der Waals surface area contributed by atoms with E-state index in [4.69, 9.17) is 0 Å². The molecular weight excluding hydrogens is 252 g/mol. The minimum absolute atomic E-state index is 0.167. The molecular formula is C21H24. The third kappa shape index (κ3) is 2.55. The fourth-order valence-corrected chi connectivity index (χ4v) is 3.57. The van der Waals surface area contributed by atoms with Crippen molar-refractivity contribution in [1.29, 1.82) is 0 Å². The molecule has 0 aromatic heterocycles. The zero-order valence-electron chi connectivity index (χ0n) is 13.1. The van der Waals surface area contributed by atoms with Gasteiger partial charge in [-0.15, -0.1) is 6.58 Å². The zero-order valence-corrected chi connectivity index (χ0v) is 13.1. The van der Waals surface area contributed by atoms with E-state index in [0.29, 0.717) is 0 Å². The van der Waals surface area contributed by atoms with Crippen molar-refractivity contribution in [1.82, 2.24) is 0 Å². The predicted molar refractivity (Wildman–Crippen MR) is 91.5 cm³/mol. The van der Waals surface area contributed by atoms with Gasteiger partial charge in [0.1, 0.15) is 0 Å². The Morgan fingerprint density at radius 1 is 1.10 bits per heavy atom. The lowest BCUT2D eigenvalue weighted by atomic mass is 9.73. The molecule has 1 aliphatic rings. The van der Waals surface area contributed by atoms with E-state index in [9.17, 15) is 0 Å². The number of allylic oxidation sites excluding steroid dienone is 1. The van der Waals surface area contributed by atoms with Gasteiger partial charge in [0.05, 0.1) is 0 Å². The van der Waals surface area contributed by atoms with Crippen molar-refractivity contribution in [3.8, 4) is 11.1 Å². The summed E-state index contributed by atoms with van der Waals surface area (Å²) < 4.78 is 0. The first-order valence-corrected chi connectivity index (χ1v) is 8.01. The highest BCUT2D eigenvalue weighted by molar-refractivity contribution is 5.65. The highest BCUT2D eigenvalue weighted by atomic mass is 14.5. The first kappa shape index (κ1) is 14.1. The second-order valence-electron chi connectivity index (χ2n) is 6.32. The average molecular weight is 276 g/mol. The van der Waals surface area contributed by atoms with Crippen molar-refractivity contribution in [2.45, 2.75) is 38.5 Å². The van der Waals surface area contributed by atoms with Gasteiger partial charge >= 0.3 is 0 Å². The fourth-order valence-electron chi connectivity index (χ4n) is 3.57. The monoisotopic (exact) mass is 276 g/mol. The van der Waals surface area contributed by atoms with E-state index >= 15 is 0 Å². The molecule has 1 saturated carbocycles. The molecule has 1 unspecified atom stereocenters. The minimum Gasteiger partial charge on any atom is -0.102 e. The van der Waals surface area contributed by atoms with Crippen LogP contribution in [-0.2, 0) is 5.41 Å². The van der Waals surface area contributed by atoms with Crippen molar-refractivity contribution in [2.24, 2.45) is 5.92 Å². The van der Waals surface area contributed by atoms with Gasteiger partial charge in [0.25, 0.3) is 0 Å². The van der Waals surface area contributed by atoms with Crippen LogP contribution >= 0.6 is 0 Å². The van der Waals surface area contributed by atoms with Crippen molar-refractivity contribution >= 4 is 0 Å². The Morgan fingerprint density at radius 3 is 2.33 bits per heavy atom. The summed E-state index contributed by atoms with van der Waals surface area (Å²) in [4.78, 5) is 0. The molecule has 2 aromatic rings. The van der Waals surface area contributed by atoms with Crippen molar-refractivity contribution in [3.05, 3.63) is 72.3 Å². The van der Waals surface area contributed by atoms with Gasteiger partial charge in [-0.2, -0.15) is 0 Å². The lowest BCUT2D eigenvalue weighted by Gasteiger charge is -2.30. The molecule has 2 aromatic carbocycles. The molecule has 0 spiro atoms. The maximum atomic E-state index is 4.16. The maximum absolute atomic E-state index is 4.16. The SMILES string of the molecule is C=CC(CC)(c1cccc(-c2cccc(C)c2)c1)C1CC1. The van der Waals surface area contributed by atoms with Gasteiger partial charge in [-0.3, -0.25) is 0 Å². The van der Waals surface area contributed by atoms with Crippen LogP contribution in [0.1, 0.15) is 37.3 Å². The number of hydrogen-bond acceptors (Lipinski definition) is 0. The van der Waals surface area contributed by atoms with E-state index in [0.717, 1.165) is 12.3 Å². The second kappa shape index (κ2) is 5.52. The van der Waals surface area contributed by atoms with Gasteiger partial charge in [-0.25, -0.2) is 0 Å². The van der Waals surface area contributed by atoms with E-state index in [2.05, 4.69) is 75.0 Å². The Balaban J connectivity index is 2.05. The third-order valence-corrected chi connectivity index (χ3v) is 5.01. The van der Waals surface area contributed by atoms with Gasteiger partial charge in [0, 0.05) is 5.41 Å². The first-order valence-electron chi connectivity index (χ1n) is 8.01. The minimum atomic E-state index is 0.167. The number of hydrogen-bond donors (Lipinski definition) is 0. The largest absolute Gasteiger partial charge is 0.102 e. The lowest BCUT2D eigenvalue weighted by Crippen LogP contribution is -2.25. The van der Waals surface area contributed by atoms with Gasteiger partial charge in [0.15, 0.2) is 0 Å². The summed E-state index contributed by atoms with van der Waals surface area (Å²) in [5, 5.41) is 0. The van der Waals surface area contributed by atoms with Crippen molar-refractivity contribution in [3.63, 3.8) is 0 Å². The van der Waals surface area contributed by atoms with Crippen LogP contribution in [0.2, 0.25) is 0 Å². The zero-order chi connectivity index (χ0) is 14.9. The van der Waals surface area contributed by atoms with Crippen LogP contribution in [0.3, 0.4) is 0 Å². The van der Waals surface area contributed by atoms with E-state index in [1.165, 1.54) is 35.1 Å². The van der Waals surface area contributed by atoms with E-state index in [1.807, 2.05) is 0 Å². The van der Waals surface area contributed by atoms with Crippen molar-refractivity contribution in [2.75, 3.05) is 0 Å². The van der Waals surface area contributed by atoms with E-state index < -0.39 is 0 Å². The van der Waals surface area contributed by atoms with Crippen LogP contribution in [0.25, 0.3) is 11.1 Å². The molecule has 1 fully saturated rings. The fraction of sp³-hybridized carbons (Fsp3) is 0.333. The van der Waals surface area contributed by atoms with Crippen LogP contribution in [-0.4, -0.2) is 0 Å². The molecule has 108 valence electrons. The Morgan fingerprint density at radius 2 is 1.76 bits per heavy atom. The quantitative estimate of drug-likeness (QED) is 0.596. The molecule has 21 heavy (non-hydrogen) atoms. The van der Waals surface area contributed by atoms with Crippen LogP contribution in [0.4, 0.5) is 0 Å². The summed E-state index contributed by atoms with van der Waals surface area (Å²) in [5.41, 5.74) is 5.53.